The first-order valence-electron chi connectivity index (χ1n) is 7.02. The van der Waals surface area contributed by atoms with E-state index < -0.39 is 0 Å². The van der Waals surface area contributed by atoms with Gasteiger partial charge in [-0.3, -0.25) is 4.90 Å². The molecule has 0 aromatic carbocycles. The molecule has 1 heterocycles. The van der Waals surface area contributed by atoms with Crippen molar-refractivity contribution in [2.45, 2.75) is 33.3 Å². The quantitative estimate of drug-likeness (QED) is 0.206. The molecule has 1 fully saturated rings. The highest BCUT2D eigenvalue weighted by atomic mass is 16.5. The van der Waals surface area contributed by atoms with Crippen LogP contribution in [0.25, 0.3) is 0 Å². The number of oxime groups is 1. The van der Waals surface area contributed by atoms with Gasteiger partial charge in [0.2, 0.25) is 0 Å². The predicted molar refractivity (Wildman–Crippen MR) is 76.5 cm³/mol. The van der Waals surface area contributed by atoms with Gasteiger partial charge in [0.05, 0.1) is 12.7 Å². The summed E-state index contributed by atoms with van der Waals surface area (Å²) < 4.78 is 5.72. The summed E-state index contributed by atoms with van der Waals surface area (Å²) in [4.78, 5) is 2.40. The van der Waals surface area contributed by atoms with Gasteiger partial charge >= 0.3 is 0 Å². The van der Waals surface area contributed by atoms with E-state index in [1.807, 2.05) is 13.8 Å². The topological polar surface area (TPSA) is 83.1 Å². The molecule has 0 aliphatic carbocycles. The molecule has 112 valence electrons. The monoisotopic (exact) mass is 272 g/mol. The number of ether oxygens (including phenoxy) is 1. The standard InChI is InChI=1S/C13H28N4O2/c1-4-17-7-8-19-11(10-17)9-15-6-5-13(2,3)12(14)16-18/h11,15,18H,4-10H2,1-3H3,(H2,14,16). The summed E-state index contributed by atoms with van der Waals surface area (Å²) in [6.07, 6.45) is 1.09. The number of amidine groups is 1. The fraction of sp³-hybridized carbons (Fsp3) is 0.923. The van der Waals surface area contributed by atoms with E-state index in [1.165, 1.54) is 0 Å². The van der Waals surface area contributed by atoms with E-state index >= 15 is 0 Å². The smallest absolute Gasteiger partial charge is 0.144 e. The molecule has 19 heavy (non-hydrogen) atoms. The zero-order chi connectivity index (χ0) is 14.3. The van der Waals surface area contributed by atoms with Gasteiger partial charge in [-0.1, -0.05) is 25.9 Å². The molecule has 6 nitrogen and oxygen atoms in total. The number of likely N-dealkylation sites (N-methyl/N-ethyl adjacent to an activating group) is 1. The first-order chi connectivity index (χ1) is 8.99. The summed E-state index contributed by atoms with van der Waals surface area (Å²) in [5.41, 5.74) is 5.37. The molecule has 0 aromatic rings. The molecule has 0 saturated carbocycles. The van der Waals surface area contributed by atoms with Crippen molar-refractivity contribution in [3.63, 3.8) is 0 Å². The Morgan fingerprint density at radius 3 is 2.95 bits per heavy atom. The Kier molecular flexibility index (Phi) is 6.54. The maximum Gasteiger partial charge on any atom is 0.144 e. The van der Waals surface area contributed by atoms with Crippen LogP contribution in [0.4, 0.5) is 0 Å². The van der Waals surface area contributed by atoms with E-state index in [2.05, 4.69) is 22.3 Å². The van der Waals surface area contributed by atoms with E-state index in [0.29, 0.717) is 0 Å². The molecule has 1 atom stereocenters. The Labute approximate surface area is 116 Å². The first kappa shape index (κ1) is 16.2. The zero-order valence-corrected chi connectivity index (χ0v) is 12.4. The first-order valence-corrected chi connectivity index (χ1v) is 7.02. The number of nitrogens with zero attached hydrogens (tertiary/aromatic N) is 2. The van der Waals surface area contributed by atoms with Crippen LogP contribution in [0, 0.1) is 5.41 Å². The normalized spacial score (nSPS) is 22.7. The number of nitrogens with one attached hydrogen (secondary N) is 1. The minimum absolute atomic E-state index is 0.265. The number of hydrogen-bond acceptors (Lipinski definition) is 5. The molecule has 6 heteroatoms. The molecule has 0 bridgehead atoms. The molecule has 0 aromatic heterocycles. The van der Waals surface area contributed by atoms with Gasteiger partial charge in [0.25, 0.3) is 0 Å². The van der Waals surface area contributed by atoms with Crippen LogP contribution in [0.15, 0.2) is 5.16 Å². The Morgan fingerprint density at radius 1 is 1.58 bits per heavy atom. The van der Waals surface area contributed by atoms with Crippen molar-refractivity contribution in [3.8, 4) is 0 Å². The molecule has 1 rings (SSSR count). The average molecular weight is 272 g/mol. The number of morpholine rings is 1. The van der Waals surface area contributed by atoms with Crippen LogP contribution in [0.1, 0.15) is 27.2 Å². The van der Waals surface area contributed by atoms with Crippen molar-refractivity contribution in [2.24, 2.45) is 16.3 Å². The van der Waals surface area contributed by atoms with Crippen molar-refractivity contribution < 1.29 is 9.94 Å². The third-order valence-electron chi connectivity index (χ3n) is 3.77. The third-order valence-corrected chi connectivity index (χ3v) is 3.77. The Hall–Kier alpha value is -0.850. The lowest BCUT2D eigenvalue weighted by molar-refractivity contribution is -0.0253. The highest BCUT2D eigenvalue weighted by Gasteiger charge is 2.23. The molecule has 0 radical (unpaired) electrons. The minimum Gasteiger partial charge on any atom is -0.409 e. The second-order valence-corrected chi connectivity index (χ2v) is 5.71. The summed E-state index contributed by atoms with van der Waals surface area (Å²) in [6, 6.07) is 0. The van der Waals surface area contributed by atoms with Crippen molar-refractivity contribution >= 4 is 5.84 Å². The second-order valence-electron chi connectivity index (χ2n) is 5.71. The van der Waals surface area contributed by atoms with E-state index in [-0.39, 0.29) is 17.4 Å². The summed E-state index contributed by atoms with van der Waals surface area (Å²) in [5, 5.41) is 15.2. The van der Waals surface area contributed by atoms with Crippen molar-refractivity contribution in [1.82, 2.24) is 10.2 Å². The Morgan fingerprint density at radius 2 is 2.32 bits per heavy atom. The molecule has 1 unspecified atom stereocenters. The molecule has 0 amide bonds. The van der Waals surface area contributed by atoms with Crippen LogP contribution in [0.3, 0.4) is 0 Å². The second kappa shape index (κ2) is 7.67. The minimum atomic E-state index is -0.287. The maximum absolute atomic E-state index is 8.70. The lowest BCUT2D eigenvalue weighted by atomic mass is 9.88. The van der Waals surface area contributed by atoms with Crippen molar-refractivity contribution in [2.75, 3.05) is 39.3 Å². The zero-order valence-electron chi connectivity index (χ0n) is 12.4. The van der Waals surface area contributed by atoms with E-state index in [0.717, 1.165) is 45.8 Å². The number of nitrogens with two attached hydrogens (primary N) is 1. The van der Waals surface area contributed by atoms with Crippen LogP contribution in [0.5, 0.6) is 0 Å². The summed E-state index contributed by atoms with van der Waals surface area (Å²) in [6.45, 7) is 11.7. The summed E-state index contributed by atoms with van der Waals surface area (Å²) in [5.74, 6) is 0.278. The van der Waals surface area contributed by atoms with Gasteiger partial charge in [-0.2, -0.15) is 0 Å². The van der Waals surface area contributed by atoms with E-state index in [1.54, 1.807) is 0 Å². The number of rotatable bonds is 7. The molecule has 1 aliphatic heterocycles. The highest BCUT2D eigenvalue weighted by molar-refractivity contribution is 5.85. The lowest BCUT2D eigenvalue weighted by Crippen LogP contribution is -2.47. The predicted octanol–water partition coefficient (Wildman–Crippen LogP) is 0.459. The van der Waals surface area contributed by atoms with Gasteiger partial charge in [0, 0.05) is 25.0 Å². The lowest BCUT2D eigenvalue weighted by Gasteiger charge is -2.32. The Bertz CT molecular complexity index is 294. The Balaban J connectivity index is 2.20. The highest BCUT2D eigenvalue weighted by Crippen LogP contribution is 2.19. The summed E-state index contributed by atoms with van der Waals surface area (Å²) in [7, 11) is 0. The van der Waals surface area contributed by atoms with Gasteiger partial charge in [-0.15, -0.1) is 0 Å². The molecule has 4 N–H and O–H groups in total. The van der Waals surface area contributed by atoms with Gasteiger partial charge in [-0.05, 0) is 19.5 Å². The third kappa shape index (κ3) is 5.34. The largest absolute Gasteiger partial charge is 0.409 e. The molecular formula is C13H28N4O2. The number of hydrogen-bond donors (Lipinski definition) is 3. The van der Waals surface area contributed by atoms with Crippen LogP contribution >= 0.6 is 0 Å². The van der Waals surface area contributed by atoms with E-state index in [4.69, 9.17) is 15.7 Å². The van der Waals surface area contributed by atoms with Gasteiger partial charge in [-0.25, -0.2) is 0 Å². The molecule has 1 aliphatic rings. The van der Waals surface area contributed by atoms with Crippen LogP contribution < -0.4 is 11.1 Å². The fourth-order valence-electron chi connectivity index (χ4n) is 2.12. The SMILES string of the molecule is CCN1CCOC(CNCCC(C)(C)C(N)=NO)C1. The molecule has 1 saturated heterocycles. The van der Waals surface area contributed by atoms with Crippen molar-refractivity contribution in [3.05, 3.63) is 0 Å². The van der Waals surface area contributed by atoms with Gasteiger partial charge in [0.1, 0.15) is 5.84 Å². The van der Waals surface area contributed by atoms with Crippen LogP contribution in [0.2, 0.25) is 0 Å². The van der Waals surface area contributed by atoms with Gasteiger partial charge in [0.15, 0.2) is 0 Å². The fourth-order valence-corrected chi connectivity index (χ4v) is 2.12. The van der Waals surface area contributed by atoms with Crippen LogP contribution in [-0.4, -0.2) is 61.4 Å². The maximum atomic E-state index is 8.70. The average Bonchev–Trinajstić information content (AvgIpc) is 2.43. The molecule has 0 spiro atoms. The molecular weight excluding hydrogens is 244 g/mol. The van der Waals surface area contributed by atoms with Crippen molar-refractivity contribution in [1.29, 1.82) is 0 Å². The van der Waals surface area contributed by atoms with E-state index in [9.17, 15) is 0 Å². The van der Waals surface area contributed by atoms with Crippen LogP contribution in [-0.2, 0) is 4.74 Å². The van der Waals surface area contributed by atoms with Gasteiger partial charge < -0.3 is 21.0 Å². The summed E-state index contributed by atoms with van der Waals surface area (Å²) >= 11 is 0.